The van der Waals surface area contributed by atoms with E-state index >= 15 is 0 Å². The number of nitrogens with zero attached hydrogens (tertiary/aromatic N) is 4. The molecule has 0 N–H and O–H groups in total. The van der Waals surface area contributed by atoms with Gasteiger partial charge in [0.25, 0.3) is 11.5 Å². The van der Waals surface area contributed by atoms with Crippen molar-refractivity contribution in [2.45, 2.75) is 39.4 Å². The standard InChI is InChI=1S/C23H28N4O4S2/c1-4-30-11-7-10-27-22(29)18(33-23(27)32)12-17-20(25-13-15(2)31-16(3)14-25)24-19-8-5-6-9-26(19)21(17)28/h5-6,8-9,12,15-16H,4,7,10-11,13-14H2,1-3H3/b18-12+/t15-,16+. The van der Waals surface area contributed by atoms with Gasteiger partial charge in [-0.3, -0.25) is 18.9 Å². The highest BCUT2D eigenvalue weighted by Crippen LogP contribution is 2.34. The van der Waals surface area contributed by atoms with Gasteiger partial charge in [0.15, 0.2) is 0 Å². The zero-order chi connectivity index (χ0) is 23.5. The maximum absolute atomic E-state index is 13.5. The van der Waals surface area contributed by atoms with E-state index in [4.69, 9.17) is 26.7 Å². The van der Waals surface area contributed by atoms with Crippen molar-refractivity contribution in [1.82, 2.24) is 14.3 Å². The third-order valence-corrected chi connectivity index (χ3v) is 6.87. The lowest BCUT2D eigenvalue weighted by Gasteiger charge is -2.36. The van der Waals surface area contributed by atoms with Crippen molar-refractivity contribution in [2.24, 2.45) is 0 Å². The van der Waals surface area contributed by atoms with Gasteiger partial charge >= 0.3 is 0 Å². The molecule has 0 bridgehead atoms. The largest absolute Gasteiger partial charge is 0.382 e. The van der Waals surface area contributed by atoms with Crippen molar-refractivity contribution in [3.05, 3.63) is 45.2 Å². The first-order chi connectivity index (χ1) is 15.9. The summed E-state index contributed by atoms with van der Waals surface area (Å²) in [5.74, 6) is 0.378. The number of hydrogen-bond donors (Lipinski definition) is 0. The van der Waals surface area contributed by atoms with E-state index in [0.29, 0.717) is 65.5 Å². The number of anilines is 1. The number of amides is 1. The van der Waals surface area contributed by atoms with Crippen LogP contribution < -0.4 is 10.5 Å². The lowest BCUT2D eigenvalue weighted by atomic mass is 10.2. The molecule has 2 aliphatic rings. The van der Waals surface area contributed by atoms with Gasteiger partial charge in [0.1, 0.15) is 15.8 Å². The minimum absolute atomic E-state index is 0.00109. The summed E-state index contributed by atoms with van der Waals surface area (Å²) >= 11 is 6.67. The molecule has 0 saturated carbocycles. The zero-order valence-electron chi connectivity index (χ0n) is 19.0. The van der Waals surface area contributed by atoms with Crippen molar-refractivity contribution in [3.8, 4) is 0 Å². The van der Waals surface area contributed by atoms with Crippen LogP contribution in [0.1, 0.15) is 32.8 Å². The predicted octanol–water partition coefficient (Wildman–Crippen LogP) is 2.94. The van der Waals surface area contributed by atoms with E-state index in [9.17, 15) is 9.59 Å². The molecule has 4 rings (SSSR count). The Morgan fingerprint density at radius 3 is 2.76 bits per heavy atom. The van der Waals surface area contributed by atoms with Crippen molar-refractivity contribution in [1.29, 1.82) is 0 Å². The molecule has 0 aromatic carbocycles. The minimum Gasteiger partial charge on any atom is -0.382 e. The molecule has 0 aliphatic carbocycles. The molecule has 176 valence electrons. The maximum atomic E-state index is 13.5. The van der Waals surface area contributed by atoms with Gasteiger partial charge in [-0.2, -0.15) is 0 Å². The van der Waals surface area contributed by atoms with Crippen LogP contribution in [0.25, 0.3) is 11.7 Å². The van der Waals surface area contributed by atoms with E-state index < -0.39 is 0 Å². The summed E-state index contributed by atoms with van der Waals surface area (Å²) in [7, 11) is 0. The number of pyridine rings is 1. The average molecular weight is 489 g/mol. The van der Waals surface area contributed by atoms with E-state index in [-0.39, 0.29) is 23.7 Å². The molecule has 0 spiro atoms. The molecule has 2 aromatic rings. The molecule has 10 heteroatoms. The Bertz CT molecular complexity index is 1140. The number of ether oxygens (including phenoxy) is 2. The fraction of sp³-hybridized carbons (Fsp3) is 0.478. The average Bonchev–Trinajstić information content (AvgIpc) is 3.05. The number of aromatic nitrogens is 2. The van der Waals surface area contributed by atoms with Crippen LogP contribution in [0.3, 0.4) is 0 Å². The number of hydrogen-bond acceptors (Lipinski definition) is 8. The molecule has 0 unspecified atom stereocenters. The number of carbonyl (C=O) groups is 1. The van der Waals surface area contributed by atoms with Gasteiger partial charge in [0.2, 0.25) is 0 Å². The normalized spacial score (nSPS) is 22.7. The smallest absolute Gasteiger partial charge is 0.267 e. The lowest BCUT2D eigenvalue weighted by molar-refractivity contribution is -0.122. The van der Waals surface area contributed by atoms with Crippen molar-refractivity contribution >= 4 is 51.7 Å². The second-order valence-electron chi connectivity index (χ2n) is 8.13. The zero-order valence-corrected chi connectivity index (χ0v) is 20.7. The van der Waals surface area contributed by atoms with E-state index in [2.05, 4.69) is 4.90 Å². The molecule has 0 radical (unpaired) electrons. The van der Waals surface area contributed by atoms with Crippen LogP contribution in [0, 0.1) is 0 Å². The van der Waals surface area contributed by atoms with Gasteiger partial charge in [-0.1, -0.05) is 30.0 Å². The van der Waals surface area contributed by atoms with Crippen LogP contribution in [-0.4, -0.2) is 69.6 Å². The Morgan fingerprint density at radius 1 is 1.27 bits per heavy atom. The highest BCUT2D eigenvalue weighted by molar-refractivity contribution is 8.26. The van der Waals surface area contributed by atoms with Crippen molar-refractivity contribution < 1.29 is 14.3 Å². The predicted molar refractivity (Wildman–Crippen MR) is 135 cm³/mol. The van der Waals surface area contributed by atoms with Gasteiger partial charge in [0.05, 0.1) is 22.7 Å². The summed E-state index contributed by atoms with van der Waals surface area (Å²) in [5.41, 5.74) is 0.726. The number of thiocarbonyl (C=S) groups is 1. The first-order valence-corrected chi connectivity index (χ1v) is 12.4. The van der Waals surface area contributed by atoms with Gasteiger partial charge < -0.3 is 14.4 Å². The van der Waals surface area contributed by atoms with E-state index in [1.54, 1.807) is 29.3 Å². The number of thioether (sulfide) groups is 1. The Kier molecular flexibility index (Phi) is 7.48. The van der Waals surface area contributed by atoms with E-state index in [1.165, 1.54) is 16.2 Å². The summed E-state index contributed by atoms with van der Waals surface area (Å²) in [5, 5.41) is 0. The summed E-state index contributed by atoms with van der Waals surface area (Å²) in [6.45, 7) is 8.86. The molecule has 2 aromatic heterocycles. The van der Waals surface area contributed by atoms with Crippen LogP contribution in [0.15, 0.2) is 34.1 Å². The minimum atomic E-state index is -0.219. The molecule has 8 nitrogen and oxygen atoms in total. The summed E-state index contributed by atoms with van der Waals surface area (Å²) in [4.78, 5) is 35.5. The van der Waals surface area contributed by atoms with Gasteiger partial charge in [-0.15, -0.1) is 0 Å². The second-order valence-corrected chi connectivity index (χ2v) is 9.80. The molecule has 2 aliphatic heterocycles. The number of morpholine rings is 1. The Labute approximate surface area is 202 Å². The fourth-order valence-corrected chi connectivity index (χ4v) is 5.39. The SMILES string of the molecule is CCOCCCN1C(=O)/C(=C\c2c(N3C[C@@H](C)O[C@@H](C)C3)nc3ccccn3c2=O)SC1=S. The maximum Gasteiger partial charge on any atom is 0.267 e. The third kappa shape index (κ3) is 5.13. The lowest BCUT2D eigenvalue weighted by Crippen LogP contribution is -2.46. The van der Waals surface area contributed by atoms with Crippen molar-refractivity contribution in [2.75, 3.05) is 37.7 Å². The Balaban J connectivity index is 1.73. The number of fused-ring (bicyclic) bond motifs is 1. The van der Waals surface area contributed by atoms with E-state index in [0.717, 1.165) is 0 Å². The van der Waals surface area contributed by atoms with Crippen LogP contribution in [0.2, 0.25) is 0 Å². The summed E-state index contributed by atoms with van der Waals surface area (Å²) in [6, 6.07) is 5.44. The summed E-state index contributed by atoms with van der Waals surface area (Å²) < 4.78 is 13.2. The molecule has 2 saturated heterocycles. The highest BCUT2D eigenvalue weighted by atomic mass is 32.2. The van der Waals surface area contributed by atoms with Crippen LogP contribution in [0.5, 0.6) is 0 Å². The highest BCUT2D eigenvalue weighted by Gasteiger charge is 2.33. The molecule has 33 heavy (non-hydrogen) atoms. The molecular formula is C23H28N4O4S2. The van der Waals surface area contributed by atoms with Crippen LogP contribution in [-0.2, 0) is 14.3 Å². The number of carbonyl (C=O) groups excluding carboxylic acids is 1. The molecule has 1 amide bonds. The molecule has 2 atom stereocenters. The molecule has 2 fully saturated rings. The quantitative estimate of drug-likeness (QED) is 0.335. The molecular weight excluding hydrogens is 460 g/mol. The van der Waals surface area contributed by atoms with E-state index in [1.807, 2.05) is 26.8 Å². The third-order valence-electron chi connectivity index (χ3n) is 5.49. The summed E-state index contributed by atoms with van der Waals surface area (Å²) in [6.07, 6.45) is 4.04. The topological polar surface area (TPSA) is 76.4 Å². The Hall–Kier alpha value is -2.27. The first-order valence-electron chi connectivity index (χ1n) is 11.1. The van der Waals surface area contributed by atoms with Crippen LogP contribution >= 0.6 is 24.0 Å². The van der Waals surface area contributed by atoms with Crippen molar-refractivity contribution in [3.63, 3.8) is 0 Å². The van der Waals surface area contributed by atoms with Gasteiger partial charge in [-0.05, 0) is 45.4 Å². The molecule has 4 heterocycles. The Morgan fingerprint density at radius 2 is 2.03 bits per heavy atom. The van der Waals surface area contributed by atoms with Gasteiger partial charge in [-0.25, -0.2) is 4.98 Å². The van der Waals surface area contributed by atoms with Crippen LogP contribution in [0.4, 0.5) is 5.82 Å². The monoisotopic (exact) mass is 488 g/mol. The van der Waals surface area contributed by atoms with Gasteiger partial charge in [0, 0.05) is 39.0 Å². The number of rotatable bonds is 7. The first kappa shape index (κ1) is 23.9. The fourth-order valence-electron chi connectivity index (χ4n) is 4.10. The second kappa shape index (κ2) is 10.3.